The van der Waals surface area contributed by atoms with Gasteiger partial charge in [0.1, 0.15) is 5.82 Å². The Morgan fingerprint density at radius 1 is 1.00 bits per heavy atom. The highest BCUT2D eigenvalue weighted by molar-refractivity contribution is 14.1. The number of aryl methyl sites for hydroxylation is 1. The normalized spacial score (nSPS) is 15.1. The molecule has 0 saturated heterocycles. The molecule has 5 rings (SSSR count). The van der Waals surface area contributed by atoms with Crippen molar-refractivity contribution in [2.45, 2.75) is 39.3 Å². The van der Waals surface area contributed by atoms with Gasteiger partial charge in [-0.2, -0.15) is 13.2 Å². The van der Waals surface area contributed by atoms with Crippen molar-refractivity contribution in [2.24, 2.45) is 0 Å². The number of nitrogens with zero attached hydrogens (tertiary/aromatic N) is 2. The van der Waals surface area contributed by atoms with Crippen LogP contribution < -0.4 is 4.90 Å². The molecule has 0 saturated carbocycles. The molecule has 0 bridgehead atoms. The molecule has 1 aromatic heterocycles. The average molecular weight is 590 g/mol. The van der Waals surface area contributed by atoms with E-state index in [-0.39, 0.29) is 5.41 Å². The van der Waals surface area contributed by atoms with E-state index in [0.29, 0.717) is 45.5 Å². The molecule has 3 aromatic carbocycles. The summed E-state index contributed by atoms with van der Waals surface area (Å²) >= 11 is 2.26. The molecule has 2 heterocycles. The SMILES string of the molecule is Cc1cc(-c2nc3cccc(F)c3c(N3CC(C)(C)c4ccc(I)cc43)c2C)cc(C(F)(F)F)c1. The maximum absolute atomic E-state index is 15.3. The molecule has 0 amide bonds. The van der Waals surface area contributed by atoms with Crippen LogP contribution in [0.4, 0.5) is 28.9 Å². The van der Waals surface area contributed by atoms with Crippen molar-refractivity contribution in [3.63, 3.8) is 0 Å². The van der Waals surface area contributed by atoms with Crippen molar-refractivity contribution in [1.82, 2.24) is 4.98 Å². The predicted molar refractivity (Wildman–Crippen MR) is 141 cm³/mol. The minimum atomic E-state index is -4.48. The van der Waals surface area contributed by atoms with Crippen LogP contribution in [0.25, 0.3) is 22.2 Å². The number of pyridine rings is 1. The first kappa shape index (κ1) is 24.0. The lowest BCUT2D eigenvalue weighted by Crippen LogP contribution is -2.26. The lowest BCUT2D eigenvalue weighted by molar-refractivity contribution is -0.137. The third-order valence-electron chi connectivity index (χ3n) is 6.65. The topological polar surface area (TPSA) is 16.1 Å². The smallest absolute Gasteiger partial charge is 0.339 e. The number of alkyl halides is 3. The summed E-state index contributed by atoms with van der Waals surface area (Å²) in [4.78, 5) is 6.78. The minimum absolute atomic E-state index is 0.195. The maximum Gasteiger partial charge on any atom is 0.416 e. The van der Waals surface area contributed by atoms with Crippen molar-refractivity contribution in [1.29, 1.82) is 0 Å². The Bertz CT molecular complexity index is 1490. The molecule has 0 N–H and O–H groups in total. The Morgan fingerprint density at radius 3 is 2.46 bits per heavy atom. The number of aromatic nitrogens is 1. The molecule has 0 unspecified atom stereocenters. The maximum atomic E-state index is 15.3. The molecule has 0 aliphatic carbocycles. The number of hydrogen-bond acceptors (Lipinski definition) is 2. The van der Waals surface area contributed by atoms with Crippen molar-refractivity contribution >= 4 is 44.9 Å². The summed E-state index contributed by atoms with van der Waals surface area (Å²) in [5, 5.41) is 0.375. The number of benzene rings is 3. The molecule has 35 heavy (non-hydrogen) atoms. The fourth-order valence-corrected chi connectivity index (χ4v) is 5.59. The van der Waals surface area contributed by atoms with E-state index in [9.17, 15) is 13.2 Å². The Hall–Kier alpha value is -2.68. The van der Waals surface area contributed by atoms with E-state index in [1.165, 1.54) is 6.07 Å². The summed E-state index contributed by atoms with van der Waals surface area (Å²) in [7, 11) is 0. The highest BCUT2D eigenvalue weighted by atomic mass is 127. The van der Waals surface area contributed by atoms with Gasteiger partial charge in [-0.25, -0.2) is 9.37 Å². The third-order valence-corrected chi connectivity index (χ3v) is 7.32. The zero-order valence-electron chi connectivity index (χ0n) is 19.7. The molecule has 0 spiro atoms. The molecule has 0 fully saturated rings. The van der Waals surface area contributed by atoms with E-state index in [2.05, 4.69) is 64.5 Å². The van der Waals surface area contributed by atoms with Crippen molar-refractivity contribution < 1.29 is 17.6 Å². The average Bonchev–Trinajstić information content (AvgIpc) is 3.02. The summed E-state index contributed by atoms with van der Waals surface area (Å²) in [6, 6.07) is 14.9. The molecule has 1 aliphatic heterocycles. The standard InChI is InChI=1S/C28H23F4IN2/c1-15-10-17(12-18(11-15)28(30,31)32)25-16(2)26(24-21(29)6-5-7-22(24)34-25)35-14-27(3,4)20-9-8-19(33)13-23(20)35/h5-13H,14H2,1-4H3. The summed E-state index contributed by atoms with van der Waals surface area (Å²) in [5.74, 6) is -0.406. The number of rotatable bonds is 2. The van der Waals surface area contributed by atoms with E-state index in [1.807, 2.05) is 6.92 Å². The van der Waals surface area contributed by atoms with Crippen molar-refractivity contribution in [2.75, 3.05) is 11.4 Å². The largest absolute Gasteiger partial charge is 0.416 e. The second-order valence-electron chi connectivity index (χ2n) is 9.78. The summed E-state index contributed by atoms with van der Waals surface area (Å²) in [5.41, 5.74) is 4.17. The molecule has 7 heteroatoms. The predicted octanol–water partition coefficient (Wildman–Crippen LogP) is 8.71. The minimum Gasteiger partial charge on any atom is -0.339 e. The number of anilines is 2. The highest BCUT2D eigenvalue weighted by Gasteiger charge is 2.38. The molecule has 2 nitrogen and oxygen atoms in total. The summed E-state index contributed by atoms with van der Waals surface area (Å²) in [6.45, 7) is 8.35. The Morgan fingerprint density at radius 2 is 1.74 bits per heavy atom. The van der Waals surface area contributed by atoms with Gasteiger partial charge in [-0.1, -0.05) is 26.0 Å². The quantitative estimate of drug-likeness (QED) is 0.172. The van der Waals surface area contributed by atoms with Gasteiger partial charge in [-0.15, -0.1) is 0 Å². The van der Waals surface area contributed by atoms with Crippen LogP contribution in [0.15, 0.2) is 54.6 Å². The Kier molecular flexibility index (Phi) is 5.62. The number of halogens is 5. The zero-order valence-corrected chi connectivity index (χ0v) is 21.8. The first-order valence-corrected chi connectivity index (χ1v) is 12.3. The van der Waals surface area contributed by atoms with E-state index in [1.54, 1.807) is 25.1 Å². The van der Waals surface area contributed by atoms with Gasteiger partial charge in [-0.05, 0) is 95.6 Å². The molecule has 1 aliphatic rings. The van der Waals surface area contributed by atoms with Crippen LogP contribution >= 0.6 is 22.6 Å². The first-order chi connectivity index (χ1) is 16.4. The molecule has 0 atom stereocenters. The lowest BCUT2D eigenvalue weighted by Gasteiger charge is -2.27. The fourth-order valence-electron chi connectivity index (χ4n) is 5.11. The van der Waals surface area contributed by atoms with E-state index in [4.69, 9.17) is 0 Å². The molecule has 0 radical (unpaired) electrons. The Labute approximate surface area is 215 Å². The zero-order chi connectivity index (χ0) is 25.3. The van der Waals surface area contributed by atoms with Crippen LogP contribution in [-0.4, -0.2) is 11.5 Å². The van der Waals surface area contributed by atoms with Crippen LogP contribution in [-0.2, 0) is 11.6 Å². The van der Waals surface area contributed by atoms with Crippen LogP contribution in [0.2, 0.25) is 0 Å². The van der Waals surface area contributed by atoms with Gasteiger partial charge in [0.25, 0.3) is 0 Å². The summed E-state index contributed by atoms with van der Waals surface area (Å²) in [6.07, 6.45) is -4.48. The molecule has 4 aromatic rings. The van der Waals surface area contributed by atoms with Crippen LogP contribution in [0, 0.1) is 23.2 Å². The van der Waals surface area contributed by atoms with Crippen LogP contribution in [0.1, 0.15) is 36.1 Å². The van der Waals surface area contributed by atoms with Crippen LogP contribution in [0.3, 0.4) is 0 Å². The second-order valence-corrected chi connectivity index (χ2v) is 11.0. The van der Waals surface area contributed by atoms with E-state index < -0.39 is 17.6 Å². The van der Waals surface area contributed by atoms with Crippen molar-refractivity contribution in [3.05, 3.63) is 86.2 Å². The van der Waals surface area contributed by atoms with Gasteiger partial charge >= 0.3 is 6.18 Å². The summed E-state index contributed by atoms with van der Waals surface area (Å²) < 4.78 is 57.2. The number of fused-ring (bicyclic) bond motifs is 2. The first-order valence-electron chi connectivity index (χ1n) is 11.2. The van der Waals surface area contributed by atoms with Gasteiger partial charge in [0, 0.05) is 26.8 Å². The molecule has 180 valence electrons. The molecular formula is C28H23F4IN2. The van der Waals surface area contributed by atoms with E-state index >= 15 is 4.39 Å². The number of hydrogen-bond donors (Lipinski definition) is 0. The van der Waals surface area contributed by atoms with Gasteiger partial charge in [0.15, 0.2) is 0 Å². The highest BCUT2D eigenvalue weighted by Crippen LogP contribution is 2.49. The Balaban J connectivity index is 1.84. The van der Waals surface area contributed by atoms with Crippen molar-refractivity contribution in [3.8, 4) is 11.3 Å². The monoisotopic (exact) mass is 590 g/mol. The lowest BCUT2D eigenvalue weighted by atomic mass is 9.87. The van der Waals surface area contributed by atoms with Crippen LogP contribution in [0.5, 0.6) is 0 Å². The van der Waals surface area contributed by atoms with Gasteiger partial charge in [0.05, 0.1) is 27.8 Å². The van der Waals surface area contributed by atoms with Gasteiger partial charge in [-0.3, -0.25) is 0 Å². The third kappa shape index (κ3) is 4.07. The van der Waals surface area contributed by atoms with Gasteiger partial charge < -0.3 is 4.90 Å². The van der Waals surface area contributed by atoms with Gasteiger partial charge in [0.2, 0.25) is 0 Å². The molecular weight excluding hydrogens is 567 g/mol. The van der Waals surface area contributed by atoms with E-state index in [0.717, 1.165) is 27.0 Å². The second kappa shape index (κ2) is 8.18. The fraction of sp³-hybridized carbons (Fsp3) is 0.250.